The molecule has 0 radical (unpaired) electrons. The van der Waals surface area contributed by atoms with E-state index in [1.807, 2.05) is 44.2 Å². The van der Waals surface area contributed by atoms with Crippen molar-refractivity contribution >= 4 is 23.4 Å². The number of amides is 3. The molecule has 0 saturated carbocycles. The fourth-order valence-electron chi connectivity index (χ4n) is 7.04. The molecular formula is C32H45N3O5. The van der Waals surface area contributed by atoms with Gasteiger partial charge < -0.3 is 24.5 Å². The number of aliphatic hydroxyl groups excluding tert-OH is 1. The second-order valence-electron chi connectivity index (χ2n) is 11.6. The van der Waals surface area contributed by atoms with Crippen LogP contribution in [-0.4, -0.2) is 82.7 Å². The number of rotatable bonds is 14. The molecule has 3 amide bonds. The number of para-hydroxylation sites is 1. The van der Waals surface area contributed by atoms with E-state index >= 15 is 0 Å². The van der Waals surface area contributed by atoms with Crippen LogP contribution in [-0.2, 0) is 19.1 Å². The van der Waals surface area contributed by atoms with Gasteiger partial charge in [-0.1, -0.05) is 64.0 Å². The molecule has 40 heavy (non-hydrogen) atoms. The van der Waals surface area contributed by atoms with Gasteiger partial charge in [0.2, 0.25) is 17.7 Å². The second-order valence-corrected chi connectivity index (χ2v) is 11.6. The van der Waals surface area contributed by atoms with Crippen LogP contribution in [0.4, 0.5) is 5.69 Å². The first-order valence-electron chi connectivity index (χ1n) is 14.7. The summed E-state index contributed by atoms with van der Waals surface area (Å²) in [5, 5.41) is 10.4. The number of carbonyl (C=O) groups is 3. The van der Waals surface area contributed by atoms with Crippen molar-refractivity contribution in [1.82, 2.24) is 9.80 Å². The lowest BCUT2D eigenvalue weighted by atomic mass is 9.70. The third-order valence-electron chi connectivity index (χ3n) is 8.91. The zero-order valence-electron chi connectivity index (χ0n) is 24.2. The fraction of sp³-hybridized carbons (Fsp3) is 0.594. The van der Waals surface area contributed by atoms with Crippen molar-refractivity contribution < 1.29 is 24.2 Å². The Morgan fingerprint density at radius 3 is 2.45 bits per heavy atom. The van der Waals surface area contributed by atoms with E-state index in [1.54, 1.807) is 26.9 Å². The molecule has 3 heterocycles. The van der Waals surface area contributed by atoms with Gasteiger partial charge in [0.15, 0.2) is 0 Å². The maximum absolute atomic E-state index is 14.4. The average Bonchev–Trinajstić information content (AvgIpc) is 3.59. The van der Waals surface area contributed by atoms with Gasteiger partial charge in [-0.05, 0) is 37.3 Å². The van der Waals surface area contributed by atoms with E-state index in [9.17, 15) is 19.5 Å². The molecule has 6 atom stereocenters. The highest BCUT2D eigenvalue weighted by atomic mass is 16.5. The molecule has 2 bridgehead atoms. The molecule has 2 unspecified atom stereocenters. The van der Waals surface area contributed by atoms with E-state index in [4.69, 9.17) is 4.74 Å². The average molecular weight is 552 g/mol. The number of hydrogen-bond acceptors (Lipinski definition) is 5. The number of aliphatic hydroxyl groups is 1. The summed E-state index contributed by atoms with van der Waals surface area (Å²) >= 11 is 0. The van der Waals surface area contributed by atoms with Crippen LogP contribution in [0, 0.1) is 17.8 Å². The number of unbranched alkanes of at least 4 members (excludes halogenated alkanes) is 2. The summed E-state index contributed by atoms with van der Waals surface area (Å²) in [4.78, 5) is 48.1. The minimum Gasteiger partial charge on any atom is -0.394 e. The Kier molecular flexibility index (Phi) is 9.52. The zero-order chi connectivity index (χ0) is 29.0. The Labute approximate surface area is 238 Å². The topological polar surface area (TPSA) is 90.4 Å². The molecule has 8 heteroatoms. The van der Waals surface area contributed by atoms with Gasteiger partial charge in [-0.3, -0.25) is 14.4 Å². The van der Waals surface area contributed by atoms with Gasteiger partial charge in [-0.25, -0.2) is 0 Å². The van der Waals surface area contributed by atoms with Crippen LogP contribution in [0.1, 0.15) is 52.9 Å². The van der Waals surface area contributed by atoms with Gasteiger partial charge in [0, 0.05) is 25.3 Å². The van der Waals surface area contributed by atoms with Gasteiger partial charge >= 0.3 is 0 Å². The summed E-state index contributed by atoms with van der Waals surface area (Å²) < 4.78 is 6.65. The molecule has 8 nitrogen and oxygen atoms in total. The van der Waals surface area contributed by atoms with Crippen molar-refractivity contribution in [2.24, 2.45) is 17.8 Å². The Morgan fingerprint density at radius 2 is 1.85 bits per heavy atom. The van der Waals surface area contributed by atoms with E-state index in [2.05, 4.69) is 20.1 Å². The summed E-state index contributed by atoms with van der Waals surface area (Å²) in [7, 11) is 0. The fourth-order valence-corrected chi connectivity index (χ4v) is 7.04. The highest BCUT2D eigenvalue weighted by Crippen LogP contribution is 2.59. The Hall–Kier alpha value is -2.97. The SMILES string of the molecule is C=CCN(CCCCC)C(=O)C1N([C@@H](CO)C(C)C)C(=O)[C@@H]2[C@H](C(=O)N(CC=C)c3ccccc3)[C@@H]3CCC12O3. The molecule has 1 spiro atoms. The van der Waals surface area contributed by atoms with Crippen molar-refractivity contribution in [3.8, 4) is 0 Å². The summed E-state index contributed by atoms with van der Waals surface area (Å²) in [5.41, 5.74) is -0.384. The molecule has 3 aliphatic heterocycles. The monoisotopic (exact) mass is 551 g/mol. The Balaban J connectivity index is 1.77. The largest absolute Gasteiger partial charge is 0.394 e. The van der Waals surface area contributed by atoms with E-state index in [-0.39, 0.29) is 30.2 Å². The summed E-state index contributed by atoms with van der Waals surface area (Å²) in [6, 6.07) is 7.89. The molecule has 218 valence electrons. The van der Waals surface area contributed by atoms with E-state index in [1.165, 1.54) is 0 Å². The van der Waals surface area contributed by atoms with Gasteiger partial charge in [0.1, 0.15) is 11.6 Å². The number of benzene rings is 1. The van der Waals surface area contributed by atoms with Crippen LogP contribution in [0.5, 0.6) is 0 Å². The summed E-state index contributed by atoms with van der Waals surface area (Å²) in [6.45, 7) is 14.6. The number of hydrogen-bond donors (Lipinski definition) is 1. The van der Waals surface area contributed by atoms with Crippen molar-refractivity contribution in [3.05, 3.63) is 55.6 Å². The van der Waals surface area contributed by atoms with Crippen LogP contribution >= 0.6 is 0 Å². The van der Waals surface area contributed by atoms with Crippen molar-refractivity contribution in [3.63, 3.8) is 0 Å². The lowest BCUT2D eigenvalue weighted by molar-refractivity contribution is -0.152. The third-order valence-corrected chi connectivity index (χ3v) is 8.91. The normalized spacial score (nSPS) is 27.5. The quantitative estimate of drug-likeness (QED) is 0.281. The Morgan fingerprint density at radius 1 is 1.15 bits per heavy atom. The van der Waals surface area contributed by atoms with E-state index in [0.29, 0.717) is 32.5 Å². The van der Waals surface area contributed by atoms with Crippen LogP contribution in [0.2, 0.25) is 0 Å². The number of anilines is 1. The minimum atomic E-state index is -1.11. The second kappa shape index (κ2) is 12.7. The van der Waals surface area contributed by atoms with Gasteiger partial charge in [0.05, 0.1) is 30.6 Å². The van der Waals surface area contributed by atoms with E-state index in [0.717, 1.165) is 24.9 Å². The smallest absolute Gasteiger partial charge is 0.248 e. The van der Waals surface area contributed by atoms with Gasteiger partial charge in [-0.15, -0.1) is 13.2 Å². The molecule has 1 N–H and O–H groups in total. The Bertz CT molecular complexity index is 1090. The minimum absolute atomic E-state index is 0.0969. The first kappa shape index (κ1) is 30.0. The van der Waals surface area contributed by atoms with Crippen molar-refractivity contribution in [2.45, 2.75) is 76.7 Å². The van der Waals surface area contributed by atoms with Crippen LogP contribution < -0.4 is 4.90 Å². The van der Waals surface area contributed by atoms with E-state index < -0.39 is 35.6 Å². The lowest BCUT2D eigenvalue weighted by Crippen LogP contribution is -2.59. The number of carbonyl (C=O) groups excluding carboxylic acids is 3. The predicted octanol–water partition coefficient (Wildman–Crippen LogP) is 3.80. The molecule has 0 aliphatic carbocycles. The number of ether oxygens (including phenoxy) is 1. The van der Waals surface area contributed by atoms with Crippen LogP contribution in [0.25, 0.3) is 0 Å². The van der Waals surface area contributed by atoms with Crippen molar-refractivity contribution in [1.29, 1.82) is 0 Å². The van der Waals surface area contributed by atoms with Gasteiger partial charge in [0.25, 0.3) is 0 Å². The number of nitrogens with zero attached hydrogens (tertiary/aromatic N) is 3. The highest BCUT2D eigenvalue weighted by Gasteiger charge is 2.75. The molecule has 3 saturated heterocycles. The highest BCUT2D eigenvalue weighted by molar-refractivity contribution is 6.03. The first-order valence-corrected chi connectivity index (χ1v) is 14.7. The third kappa shape index (κ3) is 5.12. The lowest BCUT2D eigenvalue weighted by Gasteiger charge is -2.40. The summed E-state index contributed by atoms with van der Waals surface area (Å²) in [6.07, 6.45) is 6.90. The molecule has 3 aliphatic rings. The molecule has 3 fully saturated rings. The first-order chi connectivity index (χ1) is 19.3. The molecule has 1 aromatic carbocycles. The predicted molar refractivity (Wildman–Crippen MR) is 155 cm³/mol. The number of fused-ring (bicyclic) bond motifs is 1. The van der Waals surface area contributed by atoms with Crippen LogP contribution in [0.3, 0.4) is 0 Å². The maximum atomic E-state index is 14.4. The van der Waals surface area contributed by atoms with Crippen molar-refractivity contribution in [2.75, 3.05) is 31.1 Å². The zero-order valence-corrected chi connectivity index (χ0v) is 24.2. The molecule has 0 aromatic heterocycles. The molecule has 4 rings (SSSR count). The van der Waals surface area contributed by atoms with Gasteiger partial charge in [-0.2, -0.15) is 0 Å². The maximum Gasteiger partial charge on any atom is 0.248 e. The number of likely N-dealkylation sites (tertiary alicyclic amines) is 1. The molecular weight excluding hydrogens is 506 g/mol. The standard InChI is InChI=1S/C32H45N3O5/c1-6-9-13-20-33(18-7-2)31(39)28-32-17-16-25(40-32)26(27(32)30(38)35(28)24(21-36)22(4)5)29(37)34(19-8-3)23-14-11-10-12-15-23/h7-8,10-12,14-15,22,24-28,36H,2-3,6,9,13,16-21H2,1,4-5H3/t24-,25-,26+,27-,28?,32?/m0/s1. The molecule has 1 aromatic rings. The van der Waals surface area contributed by atoms with Crippen LogP contribution in [0.15, 0.2) is 55.6 Å². The summed E-state index contributed by atoms with van der Waals surface area (Å²) in [5.74, 6) is -2.27.